The first kappa shape index (κ1) is 37.5. The zero-order chi connectivity index (χ0) is 36.7. The van der Waals surface area contributed by atoms with Crippen LogP contribution in [-0.2, 0) is 42.9 Å². The number of likely N-dealkylation sites (N-methyl/N-ethyl adjacent to an activating group) is 1. The first-order chi connectivity index (χ1) is 24.3. The predicted octanol–water partition coefficient (Wildman–Crippen LogP) is 5.15. The molecular weight excluding hydrogens is 699 g/mol. The highest BCUT2D eigenvalue weighted by Gasteiger charge is 2.52. The number of allylic oxidation sites excluding steroid dienone is 1. The molecule has 0 radical (unpaired) electrons. The number of hydrogen-bond acceptors (Lipinski definition) is 9. The molecule has 2 amide bonds. The van der Waals surface area contributed by atoms with Crippen LogP contribution in [0.2, 0.25) is 5.02 Å². The van der Waals surface area contributed by atoms with Crippen molar-refractivity contribution < 1.29 is 36.6 Å². The lowest BCUT2D eigenvalue weighted by Gasteiger charge is -2.47. The molecule has 2 aromatic rings. The predicted molar refractivity (Wildman–Crippen MR) is 193 cm³/mol. The third-order valence-electron chi connectivity index (χ3n) is 11.2. The maximum atomic E-state index is 17.2. The van der Waals surface area contributed by atoms with Crippen molar-refractivity contribution in [1.29, 1.82) is 0 Å². The lowest BCUT2D eigenvalue weighted by Crippen LogP contribution is -2.59. The number of ether oxygens (including phenoxy) is 3. The van der Waals surface area contributed by atoms with Gasteiger partial charge in [0, 0.05) is 51.5 Å². The molecule has 2 aromatic carbocycles. The van der Waals surface area contributed by atoms with Gasteiger partial charge in [-0.2, -0.15) is 0 Å². The van der Waals surface area contributed by atoms with Crippen LogP contribution in [0.4, 0.5) is 10.1 Å². The molecule has 0 aromatic heterocycles. The van der Waals surface area contributed by atoms with Crippen LogP contribution in [-0.4, -0.2) is 95.1 Å². The molecule has 0 aliphatic carbocycles. The topological polar surface area (TPSA) is 118 Å². The van der Waals surface area contributed by atoms with Crippen LogP contribution >= 0.6 is 11.6 Å². The third kappa shape index (κ3) is 7.24. The van der Waals surface area contributed by atoms with Gasteiger partial charge < -0.3 is 24.0 Å². The summed E-state index contributed by atoms with van der Waals surface area (Å²) in [4.78, 5) is 33.8. The Balaban J connectivity index is 1.62. The lowest BCUT2D eigenvalue weighted by molar-refractivity contribution is -0.148. The molecule has 4 aliphatic rings. The second-order valence-corrected chi connectivity index (χ2v) is 16.7. The minimum atomic E-state index is -4.15. The quantitative estimate of drug-likeness (QED) is 0.415. The second-order valence-electron chi connectivity index (χ2n) is 14.3. The smallest absolute Gasteiger partial charge is 0.264 e. The van der Waals surface area contributed by atoms with Gasteiger partial charge >= 0.3 is 0 Å². The number of fused-ring (bicyclic) bond motifs is 1. The van der Waals surface area contributed by atoms with Crippen LogP contribution in [0, 0.1) is 5.92 Å². The number of rotatable bonds is 5. The zero-order valence-corrected chi connectivity index (χ0v) is 31.5. The molecule has 1 spiro atoms. The van der Waals surface area contributed by atoms with Crippen molar-refractivity contribution in [3.8, 4) is 5.75 Å². The Bertz CT molecular complexity index is 1800. The van der Waals surface area contributed by atoms with Gasteiger partial charge in [-0.1, -0.05) is 24.6 Å². The van der Waals surface area contributed by atoms with Crippen molar-refractivity contribution >= 4 is 39.1 Å². The molecule has 7 bridgehead atoms. The first-order valence-corrected chi connectivity index (χ1v) is 19.5. The van der Waals surface area contributed by atoms with Crippen molar-refractivity contribution in [3.63, 3.8) is 0 Å². The Morgan fingerprint density at radius 1 is 1.16 bits per heavy atom. The molecular formula is C37H48ClFN4O7S. The Labute approximate surface area is 305 Å². The van der Waals surface area contributed by atoms with Gasteiger partial charge in [-0.3, -0.25) is 14.5 Å². The Hall–Kier alpha value is -3.23. The molecule has 0 unspecified atom stereocenters. The summed E-state index contributed by atoms with van der Waals surface area (Å²) in [6.45, 7) is 4.77. The van der Waals surface area contributed by atoms with Crippen molar-refractivity contribution in [1.82, 2.24) is 14.5 Å². The molecule has 4 aliphatic heterocycles. The van der Waals surface area contributed by atoms with E-state index in [2.05, 4.69) is 9.62 Å². The van der Waals surface area contributed by atoms with Gasteiger partial charge in [0.1, 0.15) is 24.2 Å². The average Bonchev–Trinajstić information content (AvgIpc) is 3.52. The number of carbonyl (C=O) groups excluding carboxylic acids is 2. The summed E-state index contributed by atoms with van der Waals surface area (Å²) in [5.41, 5.74) is 2.81. The van der Waals surface area contributed by atoms with Gasteiger partial charge in [-0.25, -0.2) is 17.5 Å². The fourth-order valence-electron chi connectivity index (χ4n) is 8.07. The molecule has 1 saturated heterocycles. The van der Waals surface area contributed by atoms with E-state index in [1.54, 1.807) is 32.2 Å². The van der Waals surface area contributed by atoms with E-state index in [1.807, 2.05) is 17.0 Å². The second kappa shape index (κ2) is 15.0. The third-order valence-corrected chi connectivity index (χ3v) is 13.3. The van der Waals surface area contributed by atoms with Crippen molar-refractivity contribution in [2.24, 2.45) is 5.92 Å². The highest BCUT2D eigenvalue weighted by Crippen LogP contribution is 2.49. The average molecular weight is 747 g/mol. The minimum absolute atomic E-state index is 0.0145. The first-order valence-electron chi connectivity index (χ1n) is 17.6. The van der Waals surface area contributed by atoms with E-state index in [0.717, 1.165) is 36.0 Å². The van der Waals surface area contributed by atoms with Crippen LogP contribution in [0.5, 0.6) is 5.75 Å². The van der Waals surface area contributed by atoms with E-state index in [9.17, 15) is 18.0 Å². The summed E-state index contributed by atoms with van der Waals surface area (Å²) in [6.07, 6.45) is 4.33. The van der Waals surface area contributed by atoms with Crippen LogP contribution in [0.15, 0.2) is 42.2 Å². The van der Waals surface area contributed by atoms with Gasteiger partial charge in [0.05, 0.1) is 23.0 Å². The van der Waals surface area contributed by atoms with Gasteiger partial charge in [-0.05, 0) is 98.4 Å². The monoisotopic (exact) mass is 746 g/mol. The number of amides is 2. The fraction of sp³-hybridized carbons (Fsp3) is 0.568. The van der Waals surface area contributed by atoms with E-state index in [-0.39, 0.29) is 25.1 Å². The van der Waals surface area contributed by atoms with Gasteiger partial charge in [-0.15, -0.1) is 0 Å². The number of nitrogens with one attached hydrogen (secondary N) is 1. The van der Waals surface area contributed by atoms with Crippen molar-refractivity contribution in [2.75, 3.05) is 52.3 Å². The van der Waals surface area contributed by atoms with E-state index in [1.165, 1.54) is 32.1 Å². The van der Waals surface area contributed by atoms with Crippen LogP contribution in [0.25, 0.3) is 0 Å². The number of methoxy groups -OCH3 is 2. The summed E-state index contributed by atoms with van der Waals surface area (Å²) >= 11 is 6.89. The number of aryl methyl sites for hydroxylation is 1. The largest absolute Gasteiger partial charge is 0.487 e. The molecule has 51 heavy (non-hydrogen) atoms. The Kier molecular flexibility index (Phi) is 11.1. The normalized spacial score (nSPS) is 27.6. The van der Waals surface area contributed by atoms with Crippen LogP contribution in [0.3, 0.4) is 0 Å². The molecule has 1 N–H and O–H groups in total. The number of nitrogens with zero attached hydrogens (tertiary/aromatic N) is 3. The molecule has 14 heteroatoms. The number of halogens is 2. The molecule has 11 nitrogen and oxygen atoms in total. The number of anilines is 1. The van der Waals surface area contributed by atoms with Crippen LogP contribution < -0.4 is 14.4 Å². The zero-order valence-electron chi connectivity index (χ0n) is 29.9. The molecule has 0 saturated carbocycles. The molecule has 1 fully saturated rings. The maximum Gasteiger partial charge on any atom is 0.264 e. The molecule has 4 heterocycles. The molecule has 4 atom stereocenters. The lowest BCUT2D eigenvalue weighted by atomic mass is 9.79. The van der Waals surface area contributed by atoms with Crippen molar-refractivity contribution in [2.45, 2.75) is 82.1 Å². The fourth-order valence-corrected chi connectivity index (χ4v) is 9.60. The summed E-state index contributed by atoms with van der Waals surface area (Å²) in [6, 6.07) is 7.55. The maximum absolute atomic E-state index is 17.2. The van der Waals surface area contributed by atoms with E-state index < -0.39 is 56.7 Å². The van der Waals surface area contributed by atoms with Gasteiger partial charge in [0.2, 0.25) is 15.9 Å². The van der Waals surface area contributed by atoms with E-state index in [4.69, 9.17) is 25.8 Å². The van der Waals surface area contributed by atoms with Gasteiger partial charge in [0.25, 0.3) is 5.91 Å². The van der Waals surface area contributed by atoms with Crippen LogP contribution in [0.1, 0.15) is 73.0 Å². The summed E-state index contributed by atoms with van der Waals surface area (Å²) in [7, 11) is 0.408. The number of carbonyl (C=O) groups is 2. The number of sulfonamides is 1. The minimum Gasteiger partial charge on any atom is -0.487 e. The summed E-state index contributed by atoms with van der Waals surface area (Å²) in [5.74, 6) is -1.96. The van der Waals surface area contributed by atoms with E-state index in [0.29, 0.717) is 48.9 Å². The number of benzene rings is 2. The molecule has 278 valence electrons. The van der Waals surface area contributed by atoms with Gasteiger partial charge in [0.15, 0.2) is 6.29 Å². The number of hydrogen-bond donors (Lipinski definition) is 1. The van der Waals surface area contributed by atoms with Crippen molar-refractivity contribution in [3.05, 3.63) is 69.5 Å². The summed E-state index contributed by atoms with van der Waals surface area (Å²) < 4.78 is 63.7. The Morgan fingerprint density at radius 3 is 2.67 bits per heavy atom. The highest BCUT2D eigenvalue weighted by molar-refractivity contribution is 7.90. The Morgan fingerprint density at radius 2 is 1.92 bits per heavy atom. The molecule has 6 rings (SSSR count). The standard InChI is InChI=1S/C37H48ClFN4O7S/c1-23-10-12-30(39)34(36(45)41(3)20-33(48-4)49-5)43-16-8-14-37(43)22-42-15-7-6-9-25-17-27(38)19-29(37)28(25)21-50-32-13-11-26(18-31(32)42)35(44)40-51(46,47)24(23)2/h11-13,17-19,23-24,33-34H,6-10,14-16,20-22H2,1-5H3,(H,40,44)/b30-12-/t23-,24+,34+,37-/m0/s1. The SMILES string of the molecule is COC(CN(C)C(=O)[C@H]1/C(F)=C/C[C@H](C)[C@@H](C)S(=O)(=O)NC(=O)c2ccc3c(c2)N2CCCCc4cc(Cl)cc(c4CO3)[C@]3(CCCN13)C2)OC. The summed E-state index contributed by atoms with van der Waals surface area (Å²) in [5, 5.41) is -0.487. The van der Waals surface area contributed by atoms with E-state index >= 15 is 4.39 Å². The highest BCUT2D eigenvalue weighted by atomic mass is 35.5.